The third kappa shape index (κ3) is 3.78. The van der Waals surface area contributed by atoms with Gasteiger partial charge in [-0.3, -0.25) is 4.84 Å². The predicted octanol–water partition coefficient (Wildman–Crippen LogP) is 2.13. The van der Waals surface area contributed by atoms with Gasteiger partial charge in [-0.2, -0.15) is 0 Å². The molecule has 0 unspecified atom stereocenters. The Morgan fingerprint density at radius 3 is 2.62 bits per heavy atom. The lowest BCUT2D eigenvalue weighted by Crippen LogP contribution is -2.15. The number of oxime groups is 1. The highest BCUT2D eigenvalue weighted by Crippen LogP contribution is 2.09. The van der Waals surface area contributed by atoms with Gasteiger partial charge in [0.15, 0.2) is 5.84 Å². The fourth-order valence-electron chi connectivity index (χ4n) is 0.904. The molecular formula is C10H11ClN2O3. The zero-order chi connectivity index (χ0) is 12.0. The van der Waals surface area contributed by atoms with Crippen LogP contribution in [0.1, 0.15) is 12.5 Å². The summed E-state index contributed by atoms with van der Waals surface area (Å²) < 4.78 is 4.50. The van der Waals surface area contributed by atoms with Gasteiger partial charge in [-0.1, -0.05) is 16.8 Å². The van der Waals surface area contributed by atoms with E-state index in [-0.39, 0.29) is 12.4 Å². The quantitative estimate of drug-likeness (QED) is 0.290. The molecule has 0 bridgehead atoms. The SMILES string of the molecule is CCOC(=O)ON=C(N)c1ccc(Cl)cc1. The van der Waals surface area contributed by atoms with Crippen LogP contribution in [0, 0.1) is 0 Å². The molecule has 1 aromatic carbocycles. The minimum Gasteiger partial charge on any atom is -0.433 e. The van der Waals surface area contributed by atoms with E-state index in [0.717, 1.165) is 0 Å². The van der Waals surface area contributed by atoms with Crippen LogP contribution in [0.5, 0.6) is 0 Å². The first-order chi connectivity index (χ1) is 7.63. The van der Waals surface area contributed by atoms with Crippen molar-refractivity contribution in [3.8, 4) is 0 Å². The molecule has 86 valence electrons. The standard InChI is InChI=1S/C10H11ClN2O3/c1-2-15-10(14)16-13-9(12)7-3-5-8(11)6-4-7/h3-6H,2H2,1H3,(H2,12,13). The second-order valence-electron chi connectivity index (χ2n) is 2.76. The van der Waals surface area contributed by atoms with Gasteiger partial charge in [-0.25, -0.2) is 4.79 Å². The van der Waals surface area contributed by atoms with Gasteiger partial charge < -0.3 is 10.5 Å². The van der Waals surface area contributed by atoms with Crippen molar-refractivity contribution in [3.05, 3.63) is 34.9 Å². The molecular weight excluding hydrogens is 232 g/mol. The van der Waals surface area contributed by atoms with E-state index >= 15 is 0 Å². The van der Waals surface area contributed by atoms with Gasteiger partial charge in [-0.05, 0) is 31.2 Å². The topological polar surface area (TPSA) is 73.9 Å². The van der Waals surface area contributed by atoms with Crippen molar-refractivity contribution in [1.82, 2.24) is 0 Å². The number of carbonyl (C=O) groups excluding carboxylic acids is 1. The summed E-state index contributed by atoms with van der Waals surface area (Å²) in [6, 6.07) is 6.64. The minimum absolute atomic E-state index is 0.0738. The molecule has 0 heterocycles. The summed E-state index contributed by atoms with van der Waals surface area (Å²) in [6.45, 7) is 1.88. The average molecular weight is 243 g/mol. The molecule has 0 atom stereocenters. The molecule has 1 rings (SSSR count). The fourth-order valence-corrected chi connectivity index (χ4v) is 1.03. The van der Waals surface area contributed by atoms with Gasteiger partial charge in [0.25, 0.3) is 0 Å². The summed E-state index contributed by atoms with van der Waals surface area (Å²) >= 11 is 5.70. The molecule has 0 spiro atoms. The highest BCUT2D eigenvalue weighted by atomic mass is 35.5. The molecule has 16 heavy (non-hydrogen) atoms. The Bertz CT molecular complexity index is 390. The van der Waals surface area contributed by atoms with Crippen molar-refractivity contribution in [2.24, 2.45) is 10.9 Å². The number of nitrogens with two attached hydrogens (primary N) is 1. The van der Waals surface area contributed by atoms with E-state index in [4.69, 9.17) is 17.3 Å². The van der Waals surface area contributed by atoms with Crippen LogP contribution in [-0.2, 0) is 9.57 Å². The van der Waals surface area contributed by atoms with Crippen LogP contribution in [0.25, 0.3) is 0 Å². The smallest absolute Gasteiger partial charge is 0.433 e. The van der Waals surface area contributed by atoms with Gasteiger partial charge in [-0.15, -0.1) is 0 Å². The van der Waals surface area contributed by atoms with Gasteiger partial charge in [0.05, 0.1) is 6.61 Å². The summed E-state index contributed by atoms with van der Waals surface area (Å²) in [4.78, 5) is 15.2. The van der Waals surface area contributed by atoms with E-state index in [1.165, 1.54) is 0 Å². The molecule has 2 N–H and O–H groups in total. The number of hydrogen-bond donors (Lipinski definition) is 1. The first-order valence-corrected chi connectivity index (χ1v) is 4.94. The molecule has 0 amide bonds. The normalized spacial score (nSPS) is 11.0. The molecule has 0 aromatic heterocycles. The number of ether oxygens (including phenoxy) is 1. The predicted molar refractivity (Wildman–Crippen MR) is 60.3 cm³/mol. The van der Waals surface area contributed by atoms with Crippen molar-refractivity contribution < 1.29 is 14.4 Å². The second kappa shape index (κ2) is 5.97. The molecule has 0 saturated heterocycles. The molecule has 0 radical (unpaired) electrons. The van der Waals surface area contributed by atoms with Crippen molar-refractivity contribution in [2.45, 2.75) is 6.92 Å². The van der Waals surface area contributed by atoms with Crippen molar-refractivity contribution in [1.29, 1.82) is 0 Å². The number of amidine groups is 1. The maximum Gasteiger partial charge on any atom is 0.535 e. The maximum atomic E-state index is 10.8. The molecule has 0 aliphatic heterocycles. The molecule has 0 aliphatic carbocycles. The Hall–Kier alpha value is -1.75. The first-order valence-electron chi connectivity index (χ1n) is 4.56. The Morgan fingerprint density at radius 1 is 1.44 bits per heavy atom. The molecule has 0 saturated carbocycles. The summed E-state index contributed by atoms with van der Waals surface area (Å²) in [6.07, 6.45) is -0.889. The van der Waals surface area contributed by atoms with Crippen LogP contribution >= 0.6 is 11.6 Å². The van der Waals surface area contributed by atoms with E-state index in [9.17, 15) is 4.79 Å². The van der Waals surface area contributed by atoms with Crippen molar-refractivity contribution >= 4 is 23.6 Å². The third-order valence-electron chi connectivity index (χ3n) is 1.62. The lowest BCUT2D eigenvalue weighted by atomic mass is 10.2. The number of benzene rings is 1. The van der Waals surface area contributed by atoms with Crippen LogP contribution in [0.2, 0.25) is 5.02 Å². The Kier molecular flexibility index (Phi) is 4.60. The fraction of sp³-hybridized carbons (Fsp3) is 0.200. The monoisotopic (exact) mass is 242 g/mol. The lowest BCUT2D eigenvalue weighted by molar-refractivity contribution is 0.0613. The van der Waals surface area contributed by atoms with Gasteiger partial charge in [0.1, 0.15) is 0 Å². The van der Waals surface area contributed by atoms with Crippen LogP contribution in [0.3, 0.4) is 0 Å². The summed E-state index contributed by atoms with van der Waals surface area (Å²) in [5.41, 5.74) is 6.17. The van der Waals surface area contributed by atoms with Crippen molar-refractivity contribution in [3.63, 3.8) is 0 Å². The summed E-state index contributed by atoms with van der Waals surface area (Å²) in [5.74, 6) is 0.0738. The molecule has 1 aromatic rings. The highest BCUT2D eigenvalue weighted by Gasteiger charge is 2.03. The molecule has 6 heteroatoms. The van der Waals surface area contributed by atoms with E-state index in [1.807, 2.05) is 0 Å². The Balaban J connectivity index is 2.63. The first kappa shape index (κ1) is 12.3. The average Bonchev–Trinajstić information content (AvgIpc) is 2.27. The number of carbonyl (C=O) groups is 1. The van der Waals surface area contributed by atoms with Gasteiger partial charge in [0, 0.05) is 10.6 Å². The van der Waals surface area contributed by atoms with E-state index in [1.54, 1.807) is 31.2 Å². The van der Waals surface area contributed by atoms with Crippen molar-refractivity contribution in [2.75, 3.05) is 6.61 Å². The molecule has 5 nitrogen and oxygen atoms in total. The van der Waals surface area contributed by atoms with Gasteiger partial charge >= 0.3 is 6.16 Å². The molecule has 0 fully saturated rings. The van der Waals surface area contributed by atoms with Crippen LogP contribution < -0.4 is 5.73 Å². The maximum absolute atomic E-state index is 10.8. The van der Waals surface area contributed by atoms with E-state index in [2.05, 4.69) is 14.7 Å². The Labute approximate surface area is 97.8 Å². The summed E-state index contributed by atoms with van der Waals surface area (Å²) in [5, 5.41) is 4.01. The third-order valence-corrected chi connectivity index (χ3v) is 1.87. The number of hydrogen-bond acceptors (Lipinski definition) is 4. The number of halogens is 1. The molecule has 0 aliphatic rings. The zero-order valence-electron chi connectivity index (χ0n) is 8.64. The summed E-state index contributed by atoms with van der Waals surface area (Å²) in [7, 11) is 0. The highest BCUT2D eigenvalue weighted by molar-refractivity contribution is 6.30. The largest absolute Gasteiger partial charge is 0.535 e. The van der Waals surface area contributed by atoms with Gasteiger partial charge in [0.2, 0.25) is 0 Å². The second-order valence-corrected chi connectivity index (χ2v) is 3.19. The Morgan fingerprint density at radius 2 is 2.06 bits per heavy atom. The van der Waals surface area contributed by atoms with Crippen LogP contribution in [-0.4, -0.2) is 18.6 Å². The lowest BCUT2D eigenvalue weighted by Gasteiger charge is -2.01. The van der Waals surface area contributed by atoms with Crippen LogP contribution in [0.15, 0.2) is 29.4 Å². The number of nitrogens with zero attached hydrogens (tertiary/aromatic N) is 1. The van der Waals surface area contributed by atoms with E-state index < -0.39 is 6.16 Å². The number of rotatable bonds is 3. The minimum atomic E-state index is -0.889. The zero-order valence-corrected chi connectivity index (χ0v) is 9.40. The van der Waals surface area contributed by atoms with Crippen LogP contribution in [0.4, 0.5) is 4.79 Å². The van der Waals surface area contributed by atoms with E-state index in [0.29, 0.717) is 10.6 Å².